The van der Waals surface area contributed by atoms with E-state index >= 15 is 0 Å². The van der Waals surface area contributed by atoms with Crippen LogP contribution in [-0.2, 0) is 11.2 Å². The largest absolute Gasteiger partial charge is 0.322 e. The molecule has 30 heavy (non-hydrogen) atoms. The molecule has 0 aliphatic carbocycles. The average Bonchev–Trinajstić information content (AvgIpc) is 3.15. The molecule has 2 amide bonds. The molecule has 1 fully saturated rings. The van der Waals surface area contributed by atoms with Crippen LogP contribution in [0.2, 0.25) is 0 Å². The van der Waals surface area contributed by atoms with Crippen molar-refractivity contribution in [2.24, 2.45) is 0 Å². The number of rotatable bonds is 5. The van der Waals surface area contributed by atoms with Crippen LogP contribution in [0, 0.1) is 0 Å². The first-order valence-electron chi connectivity index (χ1n) is 9.74. The van der Waals surface area contributed by atoms with Gasteiger partial charge in [-0.2, -0.15) is 0 Å². The zero-order valence-electron chi connectivity index (χ0n) is 16.5. The number of anilines is 2. The summed E-state index contributed by atoms with van der Waals surface area (Å²) in [6.45, 7) is 2.11. The molecule has 0 radical (unpaired) electrons. The number of thioether (sulfide) groups is 1. The summed E-state index contributed by atoms with van der Waals surface area (Å²) in [4.78, 5) is 26.9. The number of aryl methyl sites for hydroxylation is 1. The number of nitrogens with zero attached hydrogens (tertiary/aromatic N) is 1. The van der Waals surface area contributed by atoms with Crippen LogP contribution in [-0.4, -0.2) is 17.6 Å². The van der Waals surface area contributed by atoms with Crippen LogP contribution in [0.25, 0.3) is 0 Å². The van der Waals surface area contributed by atoms with Crippen molar-refractivity contribution >= 4 is 50.9 Å². The minimum atomic E-state index is -0.160. The lowest BCUT2D eigenvalue weighted by Crippen LogP contribution is -2.27. The number of halogens is 1. The number of hydrogen-bond acceptors (Lipinski definition) is 3. The minimum Gasteiger partial charge on any atom is -0.322 e. The Morgan fingerprint density at radius 2 is 1.87 bits per heavy atom. The molecule has 0 spiro atoms. The van der Waals surface area contributed by atoms with E-state index in [9.17, 15) is 9.59 Å². The van der Waals surface area contributed by atoms with Crippen molar-refractivity contribution in [2.75, 3.05) is 16.0 Å². The first kappa shape index (κ1) is 20.7. The van der Waals surface area contributed by atoms with Crippen LogP contribution in [0.4, 0.5) is 11.4 Å². The lowest BCUT2D eigenvalue weighted by Gasteiger charge is -2.25. The summed E-state index contributed by atoms with van der Waals surface area (Å²) in [6, 6.07) is 23.2. The molecule has 0 aromatic heterocycles. The van der Waals surface area contributed by atoms with Gasteiger partial charge in [-0.3, -0.25) is 14.5 Å². The first-order valence-corrected chi connectivity index (χ1v) is 11.6. The molecule has 1 N–H and O–H groups in total. The second-order valence-corrected chi connectivity index (χ2v) is 9.02. The molecular formula is C24H21BrN2O2S. The topological polar surface area (TPSA) is 49.4 Å². The van der Waals surface area contributed by atoms with Crippen molar-refractivity contribution in [3.05, 3.63) is 94.0 Å². The number of amides is 2. The smallest absolute Gasteiger partial charge is 0.255 e. The van der Waals surface area contributed by atoms with Gasteiger partial charge in [0.2, 0.25) is 5.91 Å². The van der Waals surface area contributed by atoms with E-state index in [1.54, 1.807) is 23.9 Å². The van der Waals surface area contributed by atoms with Gasteiger partial charge in [0.1, 0.15) is 5.37 Å². The molecule has 3 aromatic carbocycles. The van der Waals surface area contributed by atoms with Gasteiger partial charge in [0.25, 0.3) is 5.91 Å². The third-order valence-electron chi connectivity index (χ3n) is 5.01. The van der Waals surface area contributed by atoms with Crippen LogP contribution in [0.3, 0.4) is 0 Å². The average molecular weight is 481 g/mol. The fourth-order valence-electron chi connectivity index (χ4n) is 3.44. The Bertz CT molecular complexity index is 1080. The number of carbonyl (C=O) groups is 2. The number of benzene rings is 3. The molecule has 152 valence electrons. The van der Waals surface area contributed by atoms with Crippen LogP contribution in [0.5, 0.6) is 0 Å². The normalized spacial score (nSPS) is 16.0. The van der Waals surface area contributed by atoms with Gasteiger partial charge in [0.15, 0.2) is 0 Å². The molecule has 1 saturated heterocycles. The summed E-state index contributed by atoms with van der Waals surface area (Å²) in [6.07, 6.45) is 0.931. The molecule has 1 atom stereocenters. The minimum absolute atomic E-state index is 0.0700. The summed E-state index contributed by atoms with van der Waals surface area (Å²) in [5.41, 5.74) is 4.49. The molecule has 1 aliphatic heterocycles. The van der Waals surface area contributed by atoms with E-state index in [-0.39, 0.29) is 17.2 Å². The first-order chi connectivity index (χ1) is 14.5. The second kappa shape index (κ2) is 9.06. The molecule has 3 aromatic rings. The van der Waals surface area contributed by atoms with E-state index in [1.165, 1.54) is 5.56 Å². The molecule has 6 heteroatoms. The Balaban J connectivity index is 1.52. The van der Waals surface area contributed by atoms with Crippen molar-refractivity contribution in [1.82, 2.24) is 0 Å². The summed E-state index contributed by atoms with van der Waals surface area (Å²) >= 11 is 5.01. The van der Waals surface area contributed by atoms with Crippen molar-refractivity contribution < 1.29 is 9.59 Å². The standard InChI is InChI=1S/C24H21BrN2O2S/c1-2-16-5-3-8-21(13-16)27-22(28)15-30-24(27)17-9-11-20(12-10-17)26-23(29)18-6-4-7-19(25)14-18/h3-14,24H,2,15H2,1H3,(H,26,29). The van der Waals surface area contributed by atoms with Gasteiger partial charge in [-0.25, -0.2) is 0 Å². The van der Waals surface area contributed by atoms with Crippen LogP contribution in [0.1, 0.15) is 33.8 Å². The van der Waals surface area contributed by atoms with E-state index in [0.29, 0.717) is 11.3 Å². The third kappa shape index (κ3) is 4.45. The van der Waals surface area contributed by atoms with Crippen molar-refractivity contribution in [2.45, 2.75) is 18.7 Å². The lowest BCUT2D eigenvalue weighted by atomic mass is 10.1. The number of carbonyl (C=O) groups excluding carboxylic acids is 2. The van der Waals surface area contributed by atoms with Crippen LogP contribution >= 0.6 is 27.7 Å². The maximum absolute atomic E-state index is 12.6. The monoisotopic (exact) mass is 480 g/mol. The SMILES string of the molecule is CCc1cccc(N2C(=O)CSC2c2ccc(NC(=O)c3cccc(Br)c3)cc2)c1. The lowest BCUT2D eigenvalue weighted by molar-refractivity contribution is -0.115. The predicted octanol–water partition coefficient (Wildman–Crippen LogP) is 6.04. The van der Waals surface area contributed by atoms with E-state index in [4.69, 9.17) is 0 Å². The fourth-order valence-corrected chi connectivity index (χ4v) is 5.02. The molecule has 1 heterocycles. The van der Waals surface area contributed by atoms with Crippen molar-refractivity contribution in [1.29, 1.82) is 0 Å². The molecule has 1 aliphatic rings. The van der Waals surface area contributed by atoms with Gasteiger partial charge in [-0.05, 0) is 60.0 Å². The Labute approximate surface area is 188 Å². The van der Waals surface area contributed by atoms with Crippen molar-refractivity contribution in [3.8, 4) is 0 Å². The van der Waals surface area contributed by atoms with Crippen LogP contribution < -0.4 is 10.2 Å². The quantitative estimate of drug-likeness (QED) is 0.483. The van der Waals surface area contributed by atoms with E-state index in [1.807, 2.05) is 53.4 Å². The Kier molecular flexibility index (Phi) is 6.25. The van der Waals surface area contributed by atoms with E-state index in [2.05, 4.69) is 40.3 Å². The van der Waals surface area contributed by atoms with Gasteiger partial charge in [-0.15, -0.1) is 11.8 Å². The maximum atomic E-state index is 12.6. The highest BCUT2D eigenvalue weighted by molar-refractivity contribution is 9.10. The summed E-state index contributed by atoms with van der Waals surface area (Å²) in [5.74, 6) is 0.417. The number of nitrogens with one attached hydrogen (secondary N) is 1. The van der Waals surface area contributed by atoms with E-state index < -0.39 is 0 Å². The summed E-state index contributed by atoms with van der Waals surface area (Å²) in [7, 11) is 0. The second-order valence-electron chi connectivity index (χ2n) is 7.04. The predicted molar refractivity (Wildman–Crippen MR) is 127 cm³/mol. The molecule has 4 rings (SSSR count). The Hall–Kier alpha value is -2.57. The number of hydrogen-bond donors (Lipinski definition) is 1. The van der Waals surface area contributed by atoms with E-state index in [0.717, 1.165) is 27.8 Å². The Morgan fingerprint density at radius 3 is 2.60 bits per heavy atom. The van der Waals surface area contributed by atoms with Crippen LogP contribution in [0.15, 0.2) is 77.3 Å². The Morgan fingerprint density at radius 1 is 1.10 bits per heavy atom. The van der Waals surface area contributed by atoms with Gasteiger partial charge in [0.05, 0.1) is 5.75 Å². The zero-order chi connectivity index (χ0) is 21.1. The van der Waals surface area contributed by atoms with Gasteiger partial charge in [0, 0.05) is 21.4 Å². The highest BCUT2D eigenvalue weighted by atomic mass is 79.9. The maximum Gasteiger partial charge on any atom is 0.255 e. The third-order valence-corrected chi connectivity index (χ3v) is 6.71. The highest BCUT2D eigenvalue weighted by Crippen LogP contribution is 2.42. The molecule has 0 saturated carbocycles. The molecule has 1 unspecified atom stereocenters. The molecule has 0 bridgehead atoms. The van der Waals surface area contributed by atoms with Crippen molar-refractivity contribution in [3.63, 3.8) is 0 Å². The zero-order valence-corrected chi connectivity index (χ0v) is 18.9. The summed E-state index contributed by atoms with van der Waals surface area (Å²) < 4.78 is 0.862. The van der Waals surface area contributed by atoms with Gasteiger partial charge < -0.3 is 5.32 Å². The van der Waals surface area contributed by atoms with Gasteiger partial charge >= 0.3 is 0 Å². The fraction of sp³-hybridized carbons (Fsp3) is 0.167. The molecular weight excluding hydrogens is 460 g/mol. The molecule has 4 nitrogen and oxygen atoms in total. The summed E-state index contributed by atoms with van der Waals surface area (Å²) in [5, 5.41) is 2.85. The highest BCUT2D eigenvalue weighted by Gasteiger charge is 2.34. The van der Waals surface area contributed by atoms with Gasteiger partial charge in [-0.1, -0.05) is 53.2 Å².